The molecule has 1 aromatic rings. The van der Waals surface area contributed by atoms with Crippen molar-refractivity contribution in [2.75, 3.05) is 0 Å². The number of hydrogen-bond donors (Lipinski definition) is 0. The van der Waals surface area contributed by atoms with Crippen LogP contribution in [0, 0.1) is 0 Å². The highest BCUT2D eigenvalue weighted by Gasteiger charge is 2.22. The van der Waals surface area contributed by atoms with Crippen molar-refractivity contribution < 1.29 is 0 Å². The third-order valence-electron chi connectivity index (χ3n) is 4.63. The van der Waals surface area contributed by atoms with Gasteiger partial charge in [0.05, 0.1) is 0 Å². The first-order valence-electron chi connectivity index (χ1n) is 7.55. The Labute approximate surface area is 105 Å². The topological polar surface area (TPSA) is 0 Å². The molecule has 0 radical (unpaired) electrons. The average molecular weight is 228 g/mol. The van der Waals surface area contributed by atoms with Gasteiger partial charge in [-0.3, -0.25) is 0 Å². The van der Waals surface area contributed by atoms with Gasteiger partial charge >= 0.3 is 0 Å². The van der Waals surface area contributed by atoms with E-state index in [0.29, 0.717) is 0 Å². The molecule has 0 aromatic heterocycles. The summed E-state index contributed by atoms with van der Waals surface area (Å²) in [5.74, 6) is 0. The largest absolute Gasteiger partial charge is 0.0654 e. The van der Waals surface area contributed by atoms with Crippen LogP contribution < -0.4 is 0 Å². The smallest absolute Gasteiger partial charge is 0.0270 e. The van der Waals surface area contributed by atoms with E-state index in [0.717, 1.165) is 0 Å². The SMILES string of the molecule is CCCCc1c2c(cc3c1CCC3)CCCC2. The first-order chi connectivity index (χ1) is 8.40. The van der Waals surface area contributed by atoms with Crippen LogP contribution in [-0.2, 0) is 32.1 Å². The molecule has 0 fully saturated rings. The lowest BCUT2D eigenvalue weighted by molar-refractivity contribution is 0.669. The minimum absolute atomic E-state index is 1.33. The first-order valence-corrected chi connectivity index (χ1v) is 7.55. The Bertz CT molecular complexity index is 415. The summed E-state index contributed by atoms with van der Waals surface area (Å²) in [6.45, 7) is 2.32. The molecule has 3 rings (SSSR count). The molecule has 0 amide bonds. The van der Waals surface area contributed by atoms with Crippen molar-refractivity contribution in [3.63, 3.8) is 0 Å². The molecule has 0 atom stereocenters. The summed E-state index contributed by atoms with van der Waals surface area (Å²) in [6.07, 6.45) is 13.7. The van der Waals surface area contributed by atoms with E-state index in [1.807, 2.05) is 0 Å². The fourth-order valence-electron chi connectivity index (χ4n) is 3.75. The van der Waals surface area contributed by atoms with Gasteiger partial charge in [-0.2, -0.15) is 0 Å². The Balaban J connectivity index is 2.05. The standard InChI is InChI=1S/C17H24/c1-2-3-9-17-15-10-5-4-7-13(15)12-14-8-6-11-16(14)17/h12H,2-11H2,1H3. The maximum atomic E-state index is 2.56. The highest BCUT2D eigenvalue weighted by molar-refractivity contribution is 5.49. The zero-order chi connectivity index (χ0) is 11.7. The van der Waals surface area contributed by atoms with E-state index >= 15 is 0 Å². The lowest BCUT2D eigenvalue weighted by Gasteiger charge is -2.23. The Kier molecular flexibility index (Phi) is 3.22. The number of hydrogen-bond acceptors (Lipinski definition) is 0. The van der Waals surface area contributed by atoms with Crippen LogP contribution in [0.3, 0.4) is 0 Å². The Hall–Kier alpha value is -0.780. The molecule has 0 nitrogen and oxygen atoms in total. The molecule has 1 aromatic carbocycles. The van der Waals surface area contributed by atoms with E-state index in [4.69, 9.17) is 0 Å². The van der Waals surface area contributed by atoms with E-state index in [1.54, 1.807) is 27.8 Å². The molecular formula is C17H24. The fourth-order valence-corrected chi connectivity index (χ4v) is 3.75. The second-order valence-corrected chi connectivity index (χ2v) is 5.79. The van der Waals surface area contributed by atoms with Crippen molar-refractivity contribution in [3.8, 4) is 0 Å². The van der Waals surface area contributed by atoms with Gasteiger partial charge in [0, 0.05) is 0 Å². The summed E-state index contributed by atoms with van der Waals surface area (Å²) in [7, 11) is 0. The van der Waals surface area contributed by atoms with Crippen molar-refractivity contribution in [2.24, 2.45) is 0 Å². The number of aryl methyl sites for hydroxylation is 2. The third kappa shape index (κ3) is 2.03. The number of rotatable bonds is 3. The van der Waals surface area contributed by atoms with E-state index in [9.17, 15) is 0 Å². The van der Waals surface area contributed by atoms with Crippen LogP contribution in [0.15, 0.2) is 6.07 Å². The summed E-state index contributed by atoms with van der Waals surface area (Å²) >= 11 is 0. The molecule has 0 heterocycles. The van der Waals surface area contributed by atoms with Gasteiger partial charge in [0.1, 0.15) is 0 Å². The highest BCUT2D eigenvalue weighted by Crippen LogP contribution is 2.35. The Morgan fingerprint density at radius 1 is 0.882 bits per heavy atom. The number of fused-ring (bicyclic) bond motifs is 2. The van der Waals surface area contributed by atoms with E-state index in [1.165, 1.54) is 64.2 Å². The van der Waals surface area contributed by atoms with Crippen molar-refractivity contribution in [1.82, 2.24) is 0 Å². The minimum atomic E-state index is 1.33. The molecule has 0 spiro atoms. The van der Waals surface area contributed by atoms with E-state index < -0.39 is 0 Å². The van der Waals surface area contributed by atoms with Crippen LogP contribution in [-0.4, -0.2) is 0 Å². The van der Waals surface area contributed by atoms with E-state index in [-0.39, 0.29) is 0 Å². The predicted molar refractivity (Wildman–Crippen MR) is 73.7 cm³/mol. The zero-order valence-corrected chi connectivity index (χ0v) is 11.1. The van der Waals surface area contributed by atoms with E-state index in [2.05, 4.69) is 13.0 Å². The summed E-state index contributed by atoms with van der Waals surface area (Å²) in [5.41, 5.74) is 8.74. The molecule has 0 bridgehead atoms. The van der Waals surface area contributed by atoms with Crippen LogP contribution in [0.4, 0.5) is 0 Å². The van der Waals surface area contributed by atoms with Gasteiger partial charge in [-0.05, 0) is 85.6 Å². The first kappa shape index (κ1) is 11.3. The predicted octanol–water partition coefficient (Wildman–Crippen LogP) is 4.40. The van der Waals surface area contributed by atoms with Gasteiger partial charge in [-0.15, -0.1) is 0 Å². The number of benzene rings is 1. The maximum Gasteiger partial charge on any atom is -0.0270 e. The minimum Gasteiger partial charge on any atom is -0.0654 e. The van der Waals surface area contributed by atoms with Gasteiger partial charge in [-0.25, -0.2) is 0 Å². The monoisotopic (exact) mass is 228 g/mol. The highest BCUT2D eigenvalue weighted by atomic mass is 14.3. The second-order valence-electron chi connectivity index (χ2n) is 5.79. The maximum absolute atomic E-state index is 2.56. The lowest BCUT2D eigenvalue weighted by Crippen LogP contribution is -2.10. The van der Waals surface area contributed by atoms with Gasteiger partial charge in [-0.1, -0.05) is 19.4 Å². The van der Waals surface area contributed by atoms with Gasteiger partial charge in [0.15, 0.2) is 0 Å². The normalized spacial score (nSPS) is 17.9. The molecule has 0 saturated carbocycles. The van der Waals surface area contributed by atoms with Crippen LogP contribution in [0.2, 0.25) is 0 Å². The van der Waals surface area contributed by atoms with Crippen molar-refractivity contribution in [1.29, 1.82) is 0 Å². The second kappa shape index (κ2) is 4.84. The molecule has 92 valence electrons. The molecule has 0 aliphatic heterocycles. The summed E-state index contributed by atoms with van der Waals surface area (Å²) in [4.78, 5) is 0. The van der Waals surface area contributed by atoms with Crippen LogP contribution in [0.5, 0.6) is 0 Å². The molecular weight excluding hydrogens is 204 g/mol. The van der Waals surface area contributed by atoms with Crippen molar-refractivity contribution in [2.45, 2.75) is 71.1 Å². The molecule has 0 unspecified atom stereocenters. The average Bonchev–Trinajstić information content (AvgIpc) is 2.82. The molecule has 17 heavy (non-hydrogen) atoms. The van der Waals surface area contributed by atoms with Gasteiger partial charge < -0.3 is 0 Å². The molecule has 0 heteroatoms. The Morgan fingerprint density at radius 3 is 2.29 bits per heavy atom. The summed E-state index contributed by atoms with van der Waals surface area (Å²) in [6, 6.07) is 2.56. The van der Waals surface area contributed by atoms with Crippen molar-refractivity contribution >= 4 is 0 Å². The molecule has 2 aliphatic carbocycles. The Morgan fingerprint density at radius 2 is 1.53 bits per heavy atom. The lowest BCUT2D eigenvalue weighted by atomic mass is 9.82. The van der Waals surface area contributed by atoms with Crippen LogP contribution in [0.1, 0.15) is 66.8 Å². The zero-order valence-electron chi connectivity index (χ0n) is 11.1. The third-order valence-corrected chi connectivity index (χ3v) is 4.63. The van der Waals surface area contributed by atoms with Gasteiger partial charge in [0.2, 0.25) is 0 Å². The number of unbranched alkanes of at least 4 members (excludes halogenated alkanes) is 1. The van der Waals surface area contributed by atoms with Crippen LogP contribution >= 0.6 is 0 Å². The summed E-state index contributed by atoms with van der Waals surface area (Å²) < 4.78 is 0. The van der Waals surface area contributed by atoms with Crippen molar-refractivity contribution in [3.05, 3.63) is 33.9 Å². The summed E-state index contributed by atoms with van der Waals surface area (Å²) in [5, 5.41) is 0. The molecule has 2 aliphatic rings. The fraction of sp³-hybridized carbons (Fsp3) is 0.647. The molecule has 0 N–H and O–H groups in total. The van der Waals surface area contributed by atoms with Crippen LogP contribution in [0.25, 0.3) is 0 Å². The van der Waals surface area contributed by atoms with Gasteiger partial charge in [0.25, 0.3) is 0 Å². The quantitative estimate of drug-likeness (QED) is 0.719. The molecule has 0 saturated heterocycles.